The molecule has 0 aliphatic carbocycles. The molecule has 0 saturated carbocycles. The van der Waals surface area contributed by atoms with Crippen molar-refractivity contribution in [2.75, 3.05) is 6.54 Å². The minimum atomic E-state index is -0.240. The molecule has 4 heteroatoms. The predicted molar refractivity (Wildman–Crippen MR) is 71.1 cm³/mol. The molecule has 0 aliphatic heterocycles. The fourth-order valence-corrected chi connectivity index (χ4v) is 1.64. The lowest BCUT2D eigenvalue weighted by atomic mass is 10.1. The molecule has 0 unspecified atom stereocenters. The molecule has 1 rings (SSSR count). The second kappa shape index (κ2) is 5.85. The van der Waals surface area contributed by atoms with Crippen LogP contribution in [0.2, 0.25) is 0 Å². The van der Waals surface area contributed by atoms with E-state index < -0.39 is 0 Å². The van der Waals surface area contributed by atoms with E-state index in [0.717, 1.165) is 11.1 Å². The highest BCUT2D eigenvalue weighted by Crippen LogP contribution is 2.10. The van der Waals surface area contributed by atoms with E-state index in [0.29, 0.717) is 13.0 Å². The van der Waals surface area contributed by atoms with E-state index in [2.05, 4.69) is 10.6 Å². The maximum absolute atomic E-state index is 12.9. The molecule has 0 aliphatic rings. The summed E-state index contributed by atoms with van der Waals surface area (Å²) in [6.45, 7) is 8.19. The molecule has 2 N–H and O–H groups in total. The Bertz CT molecular complexity index is 424. The van der Waals surface area contributed by atoms with Crippen LogP contribution in [0, 0.1) is 12.7 Å². The zero-order chi connectivity index (χ0) is 13.8. The molecular formula is C14H21FN2O. The van der Waals surface area contributed by atoms with E-state index in [1.54, 1.807) is 6.07 Å². The number of hydrogen-bond donors (Lipinski definition) is 2. The summed E-state index contributed by atoms with van der Waals surface area (Å²) in [5.41, 5.74) is 1.72. The molecule has 0 radical (unpaired) electrons. The number of carbonyl (C=O) groups is 1. The molecule has 0 atom stereocenters. The Hall–Kier alpha value is -1.58. The van der Waals surface area contributed by atoms with E-state index in [-0.39, 0.29) is 17.4 Å². The summed E-state index contributed by atoms with van der Waals surface area (Å²) in [4.78, 5) is 11.5. The Kier molecular flexibility index (Phi) is 4.70. The van der Waals surface area contributed by atoms with Crippen LogP contribution in [-0.2, 0) is 6.42 Å². The van der Waals surface area contributed by atoms with Gasteiger partial charge >= 0.3 is 6.03 Å². The first-order valence-electron chi connectivity index (χ1n) is 6.09. The zero-order valence-electron chi connectivity index (χ0n) is 11.4. The maximum Gasteiger partial charge on any atom is 0.315 e. The Morgan fingerprint density at radius 3 is 2.56 bits per heavy atom. The Labute approximate surface area is 108 Å². The number of halogens is 1. The van der Waals surface area contributed by atoms with Crippen molar-refractivity contribution in [2.24, 2.45) is 0 Å². The lowest BCUT2D eigenvalue weighted by Crippen LogP contribution is -2.46. The summed E-state index contributed by atoms with van der Waals surface area (Å²) in [5, 5.41) is 5.60. The van der Waals surface area contributed by atoms with E-state index in [4.69, 9.17) is 0 Å². The van der Waals surface area contributed by atoms with Gasteiger partial charge in [0.2, 0.25) is 0 Å². The molecule has 3 nitrogen and oxygen atoms in total. The van der Waals surface area contributed by atoms with Crippen LogP contribution in [0.4, 0.5) is 9.18 Å². The van der Waals surface area contributed by atoms with Gasteiger partial charge in [0.1, 0.15) is 5.82 Å². The second-order valence-electron chi connectivity index (χ2n) is 5.45. The summed E-state index contributed by atoms with van der Waals surface area (Å²) >= 11 is 0. The first-order valence-corrected chi connectivity index (χ1v) is 6.09. The van der Waals surface area contributed by atoms with Crippen LogP contribution in [0.3, 0.4) is 0 Å². The van der Waals surface area contributed by atoms with Crippen LogP contribution in [-0.4, -0.2) is 18.1 Å². The summed E-state index contributed by atoms with van der Waals surface area (Å²) < 4.78 is 12.9. The molecule has 0 fully saturated rings. The molecular weight excluding hydrogens is 231 g/mol. The zero-order valence-corrected chi connectivity index (χ0v) is 11.4. The first-order chi connectivity index (χ1) is 8.28. The molecule has 0 aromatic heterocycles. The Morgan fingerprint density at radius 1 is 1.33 bits per heavy atom. The smallest absolute Gasteiger partial charge is 0.315 e. The van der Waals surface area contributed by atoms with Crippen LogP contribution in [0.1, 0.15) is 31.9 Å². The van der Waals surface area contributed by atoms with Gasteiger partial charge in [0.25, 0.3) is 0 Å². The number of urea groups is 1. The van der Waals surface area contributed by atoms with Gasteiger partial charge in [-0.2, -0.15) is 0 Å². The van der Waals surface area contributed by atoms with Crippen molar-refractivity contribution in [1.29, 1.82) is 0 Å². The summed E-state index contributed by atoms with van der Waals surface area (Å²) in [6, 6.07) is 4.53. The number of carbonyl (C=O) groups excluding carboxylic acids is 1. The van der Waals surface area contributed by atoms with E-state index in [1.165, 1.54) is 12.1 Å². The second-order valence-corrected chi connectivity index (χ2v) is 5.45. The van der Waals surface area contributed by atoms with E-state index >= 15 is 0 Å². The molecule has 18 heavy (non-hydrogen) atoms. The average molecular weight is 252 g/mol. The van der Waals surface area contributed by atoms with Crippen molar-refractivity contribution >= 4 is 6.03 Å². The summed E-state index contributed by atoms with van der Waals surface area (Å²) in [5.74, 6) is -0.227. The van der Waals surface area contributed by atoms with Gasteiger partial charge < -0.3 is 10.6 Å². The fraction of sp³-hybridized carbons (Fsp3) is 0.500. The third kappa shape index (κ3) is 5.17. The van der Waals surface area contributed by atoms with Gasteiger partial charge in [-0.15, -0.1) is 0 Å². The van der Waals surface area contributed by atoms with Gasteiger partial charge in [-0.3, -0.25) is 0 Å². The van der Waals surface area contributed by atoms with Gasteiger partial charge in [0.15, 0.2) is 0 Å². The number of rotatable bonds is 3. The standard InChI is InChI=1S/C14H21FN2O/c1-10-9-12(15)6-5-11(10)7-8-16-13(18)17-14(2,3)4/h5-6,9H,7-8H2,1-4H3,(H2,16,17,18). The summed E-state index contributed by atoms with van der Waals surface area (Å²) in [6.07, 6.45) is 0.698. The molecule has 0 saturated heterocycles. The normalized spacial score (nSPS) is 11.2. The number of aryl methyl sites for hydroxylation is 1. The van der Waals surface area contributed by atoms with Crippen LogP contribution in [0.5, 0.6) is 0 Å². The van der Waals surface area contributed by atoms with Crippen LogP contribution in [0.15, 0.2) is 18.2 Å². The van der Waals surface area contributed by atoms with Crippen LogP contribution >= 0.6 is 0 Å². The monoisotopic (exact) mass is 252 g/mol. The third-order valence-electron chi connectivity index (χ3n) is 2.47. The number of nitrogens with one attached hydrogen (secondary N) is 2. The Balaban J connectivity index is 2.40. The van der Waals surface area contributed by atoms with Crippen molar-refractivity contribution in [3.63, 3.8) is 0 Å². The van der Waals surface area contributed by atoms with Crippen molar-refractivity contribution in [1.82, 2.24) is 10.6 Å². The molecule has 2 amide bonds. The highest BCUT2D eigenvalue weighted by atomic mass is 19.1. The van der Waals surface area contributed by atoms with Crippen molar-refractivity contribution < 1.29 is 9.18 Å². The Morgan fingerprint density at radius 2 is 2.00 bits per heavy atom. The minimum Gasteiger partial charge on any atom is -0.338 e. The summed E-state index contributed by atoms with van der Waals surface area (Å²) in [7, 11) is 0. The lowest BCUT2D eigenvalue weighted by Gasteiger charge is -2.20. The predicted octanol–water partition coefficient (Wildman–Crippen LogP) is 2.77. The van der Waals surface area contributed by atoms with Gasteiger partial charge in [0.05, 0.1) is 0 Å². The van der Waals surface area contributed by atoms with Crippen molar-refractivity contribution in [2.45, 2.75) is 39.7 Å². The number of benzene rings is 1. The molecule has 100 valence electrons. The number of amides is 2. The van der Waals surface area contributed by atoms with Gasteiger partial charge in [0, 0.05) is 12.1 Å². The van der Waals surface area contributed by atoms with Gasteiger partial charge in [-0.05, 0) is 57.4 Å². The fourth-order valence-electron chi connectivity index (χ4n) is 1.64. The molecule has 0 spiro atoms. The molecule has 0 heterocycles. The van der Waals surface area contributed by atoms with Crippen molar-refractivity contribution in [3.8, 4) is 0 Å². The SMILES string of the molecule is Cc1cc(F)ccc1CCNC(=O)NC(C)(C)C. The number of hydrogen-bond acceptors (Lipinski definition) is 1. The van der Waals surface area contributed by atoms with E-state index in [9.17, 15) is 9.18 Å². The van der Waals surface area contributed by atoms with Crippen LogP contribution < -0.4 is 10.6 Å². The average Bonchev–Trinajstić information content (AvgIpc) is 2.18. The minimum absolute atomic E-state index is 0.178. The maximum atomic E-state index is 12.9. The van der Waals surface area contributed by atoms with Gasteiger partial charge in [-0.1, -0.05) is 6.07 Å². The molecule has 1 aromatic carbocycles. The van der Waals surface area contributed by atoms with Gasteiger partial charge in [-0.25, -0.2) is 9.18 Å². The van der Waals surface area contributed by atoms with Crippen molar-refractivity contribution in [3.05, 3.63) is 35.1 Å². The largest absolute Gasteiger partial charge is 0.338 e. The highest BCUT2D eigenvalue weighted by molar-refractivity contribution is 5.74. The third-order valence-corrected chi connectivity index (χ3v) is 2.47. The molecule has 1 aromatic rings. The topological polar surface area (TPSA) is 41.1 Å². The quantitative estimate of drug-likeness (QED) is 0.853. The first kappa shape index (κ1) is 14.5. The lowest BCUT2D eigenvalue weighted by molar-refractivity contribution is 0.232. The van der Waals surface area contributed by atoms with E-state index in [1.807, 2.05) is 27.7 Å². The van der Waals surface area contributed by atoms with Crippen LogP contribution in [0.25, 0.3) is 0 Å². The highest BCUT2D eigenvalue weighted by Gasteiger charge is 2.12. The molecule has 0 bridgehead atoms.